The molecule has 1 unspecified atom stereocenters. The van der Waals surface area contributed by atoms with Crippen molar-refractivity contribution in [3.63, 3.8) is 0 Å². The van der Waals surface area contributed by atoms with E-state index in [0.29, 0.717) is 3.67 Å². The van der Waals surface area contributed by atoms with Gasteiger partial charge in [-0.05, 0) is 0 Å². The predicted octanol–water partition coefficient (Wildman–Crippen LogP) is 4.09. The molecule has 2 aliphatic carbocycles. The van der Waals surface area contributed by atoms with E-state index in [1.807, 2.05) is 0 Å². The van der Waals surface area contributed by atoms with Gasteiger partial charge >= 0.3 is 250 Å². The van der Waals surface area contributed by atoms with Crippen LogP contribution in [0.5, 0.6) is 0 Å². The summed E-state index contributed by atoms with van der Waals surface area (Å²) in [4.78, 5) is 0. The molecule has 0 spiro atoms. The van der Waals surface area contributed by atoms with Gasteiger partial charge in [-0.15, -0.1) is 0 Å². The second-order valence-corrected chi connectivity index (χ2v) is 22.5. The third-order valence-corrected chi connectivity index (χ3v) is 20.6. The fourth-order valence-electron chi connectivity index (χ4n) is 6.55. The molecule has 0 fully saturated rings. The van der Waals surface area contributed by atoms with Crippen molar-refractivity contribution in [3.8, 4) is 11.1 Å². The molecule has 0 amide bonds. The number of fused-ring (bicyclic) bond motifs is 3. The molecule has 0 saturated heterocycles. The van der Waals surface area contributed by atoms with Crippen LogP contribution in [0.1, 0.15) is 85.0 Å². The summed E-state index contributed by atoms with van der Waals surface area (Å²) >= 11 is -2.91. The zero-order valence-corrected chi connectivity index (χ0v) is 30.6. The van der Waals surface area contributed by atoms with Crippen molar-refractivity contribution in [2.75, 3.05) is 0 Å². The van der Waals surface area contributed by atoms with Gasteiger partial charge in [0.1, 0.15) is 0 Å². The fourth-order valence-corrected chi connectivity index (χ4v) is 19.9. The number of halogens is 2. The minimum Gasteiger partial charge on any atom is -1.00 e. The monoisotopic (exact) mass is 758 g/mol. The van der Waals surface area contributed by atoms with Crippen LogP contribution in [0.3, 0.4) is 0 Å². The van der Waals surface area contributed by atoms with Crippen molar-refractivity contribution in [3.05, 3.63) is 152 Å². The van der Waals surface area contributed by atoms with Gasteiger partial charge in [0.2, 0.25) is 0 Å². The molecule has 42 heavy (non-hydrogen) atoms. The Morgan fingerprint density at radius 2 is 1.29 bits per heavy atom. The molecule has 4 aromatic rings. The predicted molar refractivity (Wildman–Crippen MR) is 169 cm³/mol. The smallest absolute Gasteiger partial charge is 1.00 e. The number of hydrogen-bond donors (Lipinski definition) is 0. The van der Waals surface area contributed by atoms with Crippen LogP contribution in [-0.4, -0.2) is 3.26 Å². The van der Waals surface area contributed by atoms with Crippen molar-refractivity contribution < 1.29 is 45.8 Å². The molecule has 214 valence electrons. The van der Waals surface area contributed by atoms with E-state index in [0.717, 1.165) is 6.42 Å². The molecule has 0 nitrogen and oxygen atoms in total. The Labute approximate surface area is 272 Å². The summed E-state index contributed by atoms with van der Waals surface area (Å²) in [5, 5.41) is 0. The van der Waals surface area contributed by atoms with Crippen LogP contribution in [0.15, 0.2) is 119 Å². The van der Waals surface area contributed by atoms with Crippen molar-refractivity contribution in [1.82, 2.24) is 0 Å². The average molecular weight is 758 g/mol. The second-order valence-electron chi connectivity index (χ2n) is 13.3. The molecule has 0 aliphatic heterocycles. The van der Waals surface area contributed by atoms with Crippen molar-refractivity contribution in [2.24, 2.45) is 0 Å². The quantitative estimate of drug-likeness (QED) is 0.276. The summed E-state index contributed by atoms with van der Waals surface area (Å²) < 4.78 is 3.79. The van der Waals surface area contributed by atoms with E-state index < -0.39 is 21.0 Å². The Morgan fingerprint density at radius 3 is 1.81 bits per heavy atom. The summed E-state index contributed by atoms with van der Waals surface area (Å²) in [7, 11) is 0. The molecule has 0 radical (unpaired) electrons. The molecular formula is C39H40Cl2Hf. The van der Waals surface area contributed by atoms with E-state index in [-0.39, 0.29) is 35.6 Å². The summed E-state index contributed by atoms with van der Waals surface area (Å²) in [5.41, 5.74) is 12.0. The number of rotatable bonds is 4. The Kier molecular flexibility index (Phi) is 9.88. The third-order valence-electron chi connectivity index (χ3n) is 8.52. The Balaban J connectivity index is 0.00000202. The van der Waals surface area contributed by atoms with Gasteiger partial charge in [0, 0.05) is 0 Å². The van der Waals surface area contributed by atoms with Crippen LogP contribution >= 0.6 is 0 Å². The van der Waals surface area contributed by atoms with Crippen LogP contribution in [0, 0.1) is 0 Å². The van der Waals surface area contributed by atoms with Crippen molar-refractivity contribution in [2.45, 2.75) is 62.5 Å². The van der Waals surface area contributed by atoms with E-state index in [9.17, 15) is 0 Å². The van der Waals surface area contributed by atoms with Gasteiger partial charge in [-0.3, -0.25) is 0 Å². The summed E-state index contributed by atoms with van der Waals surface area (Å²) in [6.45, 7) is 14.2. The minimum atomic E-state index is -2.91. The molecule has 1 atom stereocenters. The second kappa shape index (κ2) is 12.7. The minimum absolute atomic E-state index is 0. The maximum Gasteiger partial charge on any atom is -1.00 e. The standard InChI is InChI=1S/C21H25.C13H10.C5H5.2ClH.Hf/c1-20(2,3)15-11-10-14-12-18-16(17(14)13-15)8-7-9-19(18)21(4,5)6;1-3-7-12(8-4-1)11-13-9-5-2-6-10-13;1-2-4-5-3-1;;;/h7-13H,1-6H3;1-10H;1-3H,4H2;2*1H;/q;;;;;+2/p-2. The first kappa shape index (κ1) is 32.6. The van der Waals surface area contributed by atoms with Crippen LogP contribution in [-0.2, 0) is 31.8 Å². The normalized spacial score (nSPS) is 15.0. The Morgan fingerprint density at radius 1 is 0.667 bits per heavy atom. The summed E-state index contributed by atoms with van der Waals surface area (Å²) in [6, 6.07) is 37.2. The Bertz CT molecular complexity index is 1620. The molecule has 0 saturated carbocycles. The van der Waals surface area contributed by atoms with Gasteiger partial charge < -0.3 is 24.8 Å². The molecule has 0 aromatic heterocycles. The largest absolute Gasteiger partial charge is 1.00 e. The van der Waals surface area contributed by atoms with E-state index in [1.165, 1.54) is 33.4 Å². The van der Waals surface area contributed by atoms with Gasteiger partial charge in [-0.2, -0.15) is 0 Å². The van der Waals surface area contributed by atoms with Gasteiger partial charge in [0.15, 0.2) is 0 Å². The average Bonchev–Trinajstić information content (AvgIpc) is 3.58. The first-order valence-corrected chi connectivity index (χ1v) is 20.3. The third kappa shape index (κ3) is 6.03. The number of benzene rings is 4. The zero-order valence-electron chi connectivity index (χ0n) is 25.5. The van der Waals surface area contributed by atoms with Crippen LogP contribution in [0.4, 0.5) is 0 Å². The Hall–Kier alpha value is -2.32. The van der Waals surface area contributed by atoms with Crippen LogP contribution in [0.25, 0.3) is 11.1 Å². The maximum atomic E-state index is 2.52. The van der Waals surface area contributed by atoms with Crippen LogP contribution in [0.2, 0.25) is 0 Å². The molecule has 2 aliphatic rings. The molecule has 3 heteroatoms. The van der Waals surface area contributed by atoms with Gasteiger partial charge in [-0.25, -0.2) is 0 Å². The topological polar surface area (TPSA) is 0 Å². The fraction of sp³-hybridized carbons (Fsp3) is 0.256. The number of hydrogen-bond acceptors (Lipinski definition) is 0. The summed E-state index contributed by atoms with van der Waals surface area (Å²) in [6.07, 6.45) is 8.25. The van der Waals surface area contributed by atoms with Crippen LogP contribution < -0.4 is 24.8 Å². The van der Waals surface area contributed by atoms with E-state index in [4.69, 9.17) is 0 Å². The van der Waals surface area contributed by atoms with Gasteiger partial charge in [0.05, 0.1) is 0 Å². The molecular weight excluding hydrogens is 718 g/mol. The zero-order chi connectivity index (χ0) is 28.1. The van der Waals surface area contributed by atoms with E-state index in [2.05, 4.69) is 157 Å². The van der Waals surface area contributed by atoms with Gasteiger partial charge in [-0.1, -0.05) is 0 Å². The molecule has 0 heterocycles. The van der Waals surface area contributed by atoms with E-state index >= 15 is 0 Å². The molecule has 0 bridgehead atoms. The molecule has 0 N–H and O–H groups in total. The number of allylic oxidation sites excluding steroid dienone is 4. The SMILES string of the molecule is CC(C)(C)c1ccc2c(c1)-c1cccc(C(C)(C)C)c1[CH]2[Hf+2]([C]1=CC=CC1)=[C](c1ccccc1)c1ccccc1.[Cl-].[Cl-]. The van der Waals surface area contributed by atoms with Gasteiger partial charge in [0.25, 0.3) is 0 Å². The van der Waals surface area contributed by atoms with E-state index in [1.54, 1.807) is 17.7 Å². The first-order valence-electron chi connectivity index (χ1n) is 14.6. The molecule has 4 aromatic carbocycles. The van der Waals surface area contributed by atoms with Crippen molar-refractivity contribution in [1.29, 1.82) is 0 Å². The van der Waals surface area contributed by atoms with Crippen molar-refractivity contribution >= 4 is 3.26 Å². The summed E-state index contributed by atoms with van der Waals surface area (Å²) in [5.74, 6) is 0. The maximum absolute atomic E-state index is 2.91. The molecule has 6 rings (SSSR count). The first-order chi connectivity index (χ1) is 19.1.